The van der Waals surface area contributed by atoms with Crippen molar-refractivity contribution < 1.29 is 4.79 Å². The fourth-order valence-corrected chi connectivity index (χ4v) is 1.49. The summed E-state index contributed by atoms with van der Waals surface area (Å²) in [6.45, 7) is 3.58. The van der Waals surface area contributed by atoms with E-state index >= 15 is 0 Å². The summed E-state index contributed by atoms with van der Waals surface area (Å²) in [5.41, 5.74) is 4.92. The molecule has 0 spiro atoms. The Labute approximate surface area is 78.4 Å². The van der Waals surface area contributed by atoms with E-state index in [1.54, 1.807) is 0 Å². The minimum Gasteiger partial charge on any atom is -0.352 e. The summed E-state index contributed by atoms with van der Waals surface area (Å²) in [4.78, 5) is 10.3. The molecule has 0 atom stereocenters. The molecule has 0 unspecified atom stereocenters. The average Bonchev–Trinajstić information content (AvgIpc) is 2.14. The van der Waals surface area contributed by atoms with Crippen molar-refractivity contribution in [1.82, 2.24) is 16.0 Å². The van der Waals surface area contributed by atoms with E-state index in [1.165, 1.54) is 0 Å². The highest BCUT2D eigenvalue weighted by atomic mass is 16.2. The number of nitrogens with two attached hydrogens (primary N) is 1. The van der Waals surface area contributed by atoms with Gasteiger partial charge >= 0.3 is 6.03 Å². The number of amides is 2. The van der Waals surface area contributed by atoms with Crippen molar-refractivity contribution >= 4 is 6.03 Å². The van der Waals surface area contributed by atoms with Crippen LogP contribution < -0.4 is 21.7 Å². The van der Waals surface area contributed by atoms with E-state index in [2.05, 4.69) is 16.0 Å². The van der Waals surface area contributed by atoms with E-state index < -0.39 is 6.03 Å². The number of hydrogen-bond acceptors (Lipinski definition) is 3. The van der Waals surface area contributed by atoms with E-state index in [4.69, 9.17) is 5.73 Å². The quantitative estimate of drug-likeness (QED) is 0.425. The van der Waals surface area contributed by atoms with Gasteiger partial charge in [-0.1, -0.05) is 0 Å². The van der Waals surface area contributed by atoms with Gasteiger partial charge in [0.25, 0.3) is 0 Å². The molecule has 0 aromatic heterocycles. The molecule has 0 aliphatic carbocycles. The second-order valence-electron chi connectivity index (χ2n) is 3.27. The molecule has 1 heterocycles. The number of hydrogen-bond donors (Lipinski definition) is 4. The smallest absolute Gasteiger partial charge is 0.312 e. The monoisotopic (exact) mass is 186 g/mol. The Kier molecular flexibility index (Phi) is 4.56. The van der Waals surface area contributed by atoms with Gasteiger partial charge in [0, 0.05) is 19.1 Å². The molecule has 1 saturated heterocycles. The molecule has 0 bridgehead atoms. The fourth-order valence-electron chi connectivity index (χ4n) is 1.49. The third-order valence-corrected chi connectivity index (χ3v) is 2.20. The fraction of sp³-hybridized carbons (Fsp3) is 0.875. The molecule has 5 nitrogen and oxygen atoms in total. The number of primary amides is 1. The van der Waals surface area contributed by atoms with Gasteiger partial charge in [-0.2, -0.15) is 0 Å². The molecule has 5 N–H and O–H groups in total. The van der Waals surface area contributed by atoms with Crippen molar-refractivity contribution in [3.63, 3.8) is 0 Å². The largest absolute Gasteiger partial charge is 0.352 e. The van der Waals surface area contributed by atoms with Gasteiger partial charge in [-0.15, -0.1) is 0 Å². The van der Waals surface area contributed by atoms with Gasteiger partial charge < -0.3 is 21.7 Å². The molecule has 13 heavy (non-hydrogen) atoms. The Morgan fingerprint density at radius 2 is 2.08 bits per heavy atom. The van der Waals surface area contributed by atoms with Crippen LogP contribution >= 0.6 is 0 Å². The first-order valence-corrected chi connectivity index (χ1v) is 4.76. The Bertz CT molecular complexity index is 156. The third-order valence-electron chi connectivity index (χ3n) is 2.20. The van der Waals surface area contributed by atoms with Crippen LogP contribution in [0.5, 0.6) is 0 Å². The number of urea groups is 1. The first-order chi connectivity index (χ1) is 6.29. The van der Waals surface area contributed by atoms with Crippen LogP contribution in [-0.4, -0.2) is 38.3 Å². The lowest BCUT2D eigenvalue weighted by molar-refractivity contribution is 0.248. The van der Waals surface area contributed by atoms with Crippen LogP contribution in [0.4, 0.5) is 4.79 Å². The van der Waals surface area contributed by atoms with E-state index in [0.717, 1.165) is 32.5 Å². The number of piperidine rings is 1. The van der Waals surface area contributed by atoms with Crippen LogP contribution in [0.15, 0.2) is 0 Å². The molecule has 0 radical (unpaired) electrons. The highest BCUT2D eigenvalue weighted by molar-refractivity contribution is 5.71. The average molecular weight is 186 g/mol. The lowest BCUT2D eigenvalue weighted by atomic mass is 10.1. The van der Waals surface area contributed by atoms with Crippen LogP contribution in [0.25, 0.3) is 0 Å². The molecule has 76 valence electrons. The zero-order chi connectivity index (χ0) is 9.52. The van der Waals surface area contributed by atoms with Crippen molar-refractivity contribution in [2.75, 3.05) is 26.2 Å². The lowest BCUT2D eigenvalue weighted by Crippen LogP contribution is -2.43. The number of nitrogens with one attached hydrogen (secondary N) is 3. The molecule has 1 aliphatic rings. The number of rotatable bonds is 4. The molecular weight excluding hydrogens is 168 g/mol. The summed E-state index contributed by atoms with van der Waals surface area (Å²) >= 11 is 0. The second-order valence-corrected chi connectivity index (χ2v) is 3.27. The topological polar surface area (TPSA) is 79.2 Å². The SMILES string of the molecule is NC(=O)NCCNC1CCNCC1. The first-order valence-electron chi connectivity index (χ1n) is 4.76. The summed E-state index contributed by atoms with van der Waals surface area (Å²) in [6, 6.07) is 0.142. The maximum atomic E-state index is 10.3. The van der Waals surface area contributed by atoms with Crippen LogP contribution in [0, 0.1) is 0 Å². The highest BCUT2D eigenvalue weighted by Gasteiger charge is 2.10. The number of carbonyl (C=O) groups excluding carboxylic acids is 1. The molecular formula is C8H18N4O. The van der Waals surface area contributed by atoms with E-state index in [1.807, 2.05) is 0 Å². The number of carbonyl (C=O) groups is 1. The third kappa shape index (κ3) is 4.69. The summed E-state index contributed by atoms with van der Waals surface area (Å²) in [5, 5.41) is 9.21. The Balaban J connectivity index is 1.95. The van der Waals surface area contributed by atoms with Gasteiger partial charge in [-0.3, -0.25) is 0 Å². The Morgan fingerprint density at radius 1 is 1.38 bits per heavy atom. The van der Waals surface area contributed by atoms with Crippen molar-refractivity contribution in [3.8, 4) is 0 Å². The van der Waals surface area contributed by atoms with E-state index in [9.17, 15) is 4.79 Å². The summed E-state index contributed by atoms with van der Waals surface area (Å²) in [5.74, 6) is 0. The maximum Gasteiger partial charge on any atom is 0.312 e. The molecule has 2 amide bonds. The van der Waals surface area contributed by atoms with Gasteiger partial charge in [-0.25, -0.2) is 4.79 Å². The lowest BCUT2D eigenvalue weighted by Gasteiger charge is -2.23. The van der Waals surface area contributed by atoms with Gasteiger partial charge in [0.2, 0.25) is 0 Å². The molecule has 1 rings (SSSR count). The standard InChI is InChI=1S/C8H18N4O/c9-8(13)12-6-5-11-7-1-3-10-4-2-7/h7,10-11H,1-6H2,(H3,9,12,13). The summed E-state index contributed by atoms with van der Waals surface area (Å²) < 4.78 is 0. The van der Waals surface area contributed by atoms with E-state index in [0.29, 0.717) is 12.6 Å². The Morgan fingerprint density at radius 3 is 2.69 bits per heavy atom. The summed E-state index contributed by atoms with van der Waals surface area (Å²) in [7, 11) is 0. The van der Waals surface area contributed by atoms with Crippen LogP contribution in [0.3, 0.4) is 0 Å². The minimum absolute atomic E-state index is 0.452. The van der Waals surface area contributed by atoms with Crippen molar-refractivity contribution in [3.05, 3.63) is 0 Å². The summed E-state index contributed by atoms with van der Waals surface area (Å²) in [6.07, 6.45) is 2.33. The zero-order valence-corrected chi connectivity index (χ0v) is 7.81. The molecule has 0 saturated carbocycles. The molecule has 1 aliphatic heterocycles. The second kappa shape index (κ2) is 5.77. The van der Waals surface area contributed by atoms with Crippen LogP contribution in [0.2, 0.25) is 0 Å². The van der Waals surface area contributed by atoms with Crippen LogP contribution in [0.1, 0.15) is 12.8 Å². The predicted octanol–water partition coefficient (Wildman–Crippen LogP) is -1.00. The van der Waals surface area contributed by atoms with E-state index in [-0.39, 0.29) is 0 Å². The predicted molar refractivity (Wildman–Crippen MR) is 51.5 cm³/mol. The van der Waals surface area contributed by atoms with Gasteiger partial charge in [0.15, 0.2) is 0 Å². The minimum atomic E-state index is -0.452. The zero-order valence-electron chi connectivity index (χ0n) is 7.81. The van der Waals surface area contributed by atoms with Crippen molar-refractivity contribution in [2.24, 2.45) is 5.73 Å². The van der Waals surface area contributed by atoms with Crippen LogP contribution in [-0.2, 0) is 0 Å². The van der Waals surface area contributed by atoms with Crippen molar-refractivity contribution in [2.45, 2.75) is 18.9 Å². The van der Waals surface area contributed by atoms with Gasteiger partial charge in [0.1, 0.15) is 0 Å². The molecule has 5 heteroatoms. The van der Waals surface area contributed by atoms with Crippen molar-refractivity contribution in [1.29, 1.82) is 0 Å². The Hall–Kier alpha value is -0.810. The normalized spacial score (nSPS) is 18.5. The first kappa shape index (κ1) is 10.3. The highest BCUT2D eigenvalue weighted by Crippen LogP contribution is 2.00. The van der Waals surface area contributed by atoms with Gasteiger partial charge in [0.05, 0.1) is 0 Å². The molecule has 1 fully saturated rings. The maximum absolute atomic E-state index is 10.3. The molecule has 0 aromatic carbocycles. The van der Waals surface area contributed by atoms with Gasteiger partial charge in [-0.05, 0) is 25.9 Å². The molecule has 0 aromatic rings.